The summed E-state index contributed by atoms with van der Waals surface area (Å²) >= 11 is 11.7. The first kappa shape index (κ1) is 18.5. The lowest BCUT2D eigenvalue weighted by Crippen LogP contribution is -2.36. The highest BCUT2D eigenvalue weighted by Crippen LogP contribution is 2.22. The van der Waals surface area contributed by atoms with E-state index in [9.17, 15) is 9.59 Å². The quantitative estimate of drug-likeness (QED) is 0.646. The predicted molar refractivity (Wildman–Crippen MR) is 106 cm³/mol. The van der Waals surface area contributed by atoms with Crippen molar-refractivity contribution in [3.63, 3.8) is 0 Å². The van der Waals surface area contributed by atoms with E-state index in [1.54, 1.807) is 7.05 Å². The second kappa shape index (κ2) is 7.55. The molecule has 0 saturated carbocycles. The van der Waals surface area contributed by atoms with Crippen LogP contribution in [-0.2, 0) is 14.1 Å². The number of hydrogen-bond acceptors (Lipinski definition) is 4. The number of nitrogens with zero attached hydrogens (tertiary/aromatic N) is 4. The van der Waals surface area contributed by atoms with Gasteiger partial charge in [-0.2, -0.15) is 0 Å². The number of fused-ring (bicyclic) bond motifs is 1. The number of aryl methyl sites for hydroxylation is 1. The van der Waals surface area contributed by atoms with Crippen LogP contribution in [0.2, 0.25) is 0 Å². The van der Waals surface area contributed by atoms with Crippen molar-refractivity contribution in [2.45, 2.75) is 0 Å². The molecule has 0 unspecified atom stereocenters. The van der Waals surface area contributed by atoms with Crippen LogP contribution in [0.25, 0.3) is 22.6 Å². The number of benzene rings is 1. The number of aromatic amines is 1. The topological polar surface area (TPSA) is 75.9 Å². The molecule has 0 spiro atoms. The summed E-state index contributed by atoms with van der Waals surface area (Å²) < 4.78 is 2.41. The molecule has 0 fully saturated rings. The Bertz CT molecular complexity index is 1030. The number of rotatable bonds is 6. The molecule has 2 aromatic heterocycles. The van der Waals surface area contributed by atoms with Crippen LogP contribution < -0.4 is 16.1 Å². The van der Waals surface area contributed by atoms with E-state index in [0.29, 0.717) is 41.8 Å². The SMILES string of the molecule is Cn1c(=O)c2[nH]c(-c3ccc(N(CCCl)CCCl)cc3)nc2n(C)c1=O. The average molecular weight is 396 g/mol. The van der Waals surface area contributed by atoms with Gasteiger partial charge in [-0.05, 0) is 24.3 Å². The Kier molecular flexibility index (Phi) is 5.38. The lowest BCUT2D eigenvalue weighted by molar-refractivity contribution is 0.709. The zero-order chi connectivity index (χ0) is 18.8. The Morgan fingerprint density at radius 1 is 1.04 bits per heavy atom. The van der Waals surface area contributed by atoms with Crippen molar-refractivity contribution in [2.75, 3.05) is 29.7 Å². The first-order valence-electron chi connectivity index (χ1n) is 8.11. The highest BCUT2D eigenvalue weighted by Gasteiger charge is 2.14. The number of alkyl halides is 2. The van der Waals surface area contributed by atoms with Crippen molar-refractivity contribution in [1.29, 1.82) is 0 Å². The molecule has 0 aliphatic carbocycles. The van der Waals surface area contributed by atoms with E-state index in [1.807, 2.05) is 24.3 Å². The first-order chi connectivity index (χ1) is 12.5. The minimum Gasteiger partial charge on any atom is -0.369 e. The van der Waals surface area contributed by atoms with Gasteiger partial charge in [0.2, 0.25) is 0 Å². The molecule has 0 aliphatic heterocycles. The van der Waals surface area contributed by atoms with Crippen LogP contribution in [-0.4, -0.2) is 44.0 Å². The second-order valence-electron chi connectivity index (χ2n) is 5.90. The van der Waals surface area contributed by atoms with Gasteiger partial charge in [0.25, 0.3) is 5.56 Å². The minimum atomic E-state index is -0.409. The van der Waals surface area contributed by atoms with E-state index in [-0.39, 0.29) is 0 Å². The fourth-order valence-electron chi connectivity index (χ4n) is 2.87. The summed E-state index contributed by atoms with van der Waals surface area (Å²) in [5, 5.41) is 0. The fraction of sp³-hybridized carbons (Fsp3) is 0.353. The van der Waals surface area contributed by atoms with Crippen molar-refractivity contribution in [1.82, 2.24) is 19.1 Å². The third-order valence-electron chi connectivity index (χ3n) is 4.31. The summed E-state index contributed by atoms with van der Waals surface area (Å²) in [6, 6.07) is 7.73. The van der Waals surface area contributed by atoms with Crippen molar-refractivity contribution < 1.29 is 0 Å². The summed E-state index contributed by atoms with van der Waals surface area (Å²) in [7, 11) is 3.04. The van der Waals surface area contributed by atoms with Crippen LogP contribution in [0.15, 0.2) is 33.9 Å². The molecule has 2 heterocycles. The monoisotopic (exact) mass is 395 g/mol. The van der Waals surface area contributed by atoms with Crippen LogP contribution in [0.1, 0.15) is 0 Å². The molecule has 1 aromatic carbocycles. The molecular formula is C17H19Cl2N5O2. The molecule has 1 N–H and O–H groups in total. The zero-order valence-corrected chi connectivity index (χ0v) is 16.0. The number of aromatic nitrogens is 4. The van der Waals surface area contributed by atoms with Crippen LogP contribution in [0, 0.1) is 0 Å². The van der Waals surface area contributed by atoms with Crippen LogP contribution in [0.3, 0.4) is 0 Å². The zero-order valence-electron chi connectivity index (χ0n) is 14.5. The van der Waals surface area contributed by atoms with Gasteiger partial charge in [-0.3, -0.25) is 13.9 Å². The van der Waals surface area contributed by atoms with E-state index < -0.39 is 11.2 Å². The number of H-pyrrole nitrogens is 1. The Hall–Kier alpha value is -2.25. The Labute approximate surface area is 159 Å². The van der Waals surface area contributed by atoms with Crippen LogP contribution in [0.5, 0.6) is 0 Å². The van der Waals surface area contributed by atoms with E-state index in [1.165, 1.54) is 11.6 Å². The largest absolute Gasteiger partial charge is 0.369 e. The predicted octanol–water partition coefficient (Wildman–Crippen LogP) is 1.91. The number of nitrogens with one attached hydrogen (secondary N) is 1. The van der Waals surface area contributed by atoms with Crippen molar-refractivity contribution in [3.05, 3.63) is 45.1 Å². The van der Waals surface area contributed by atoms with Crippen molar-refractivity contribution in [2.24, 2.45) is 14.1 Å². The minimum absolute atomic E-state index is 0.305. The van der Waals surface area contributed by atoms with Gasteiger partial charge in [-0.25, -0.2) is 9.78 Å². The van der Waals surface area contributed by atoms with Gasteiger partial charge in [0, 0.05) is 50.2 Å². The van der Waals surface area contributed by atoms with Crippen molar-refractivity contribution >= 4 is 40.1 Å². The summed E-state index contributed by atoms with van der Waals surface area (Å²) in [5.74, 6) is 1.56. The normalized spacial score (nSPS) is 11.2. The van der Waals surface area contributed by atoms with E-state index in [2.05, 4.69) is 14.9 Å². The third-order valence-corrected chi connectivity index (χ3v) is 4.65. The van der Waals surface area contributed by atoms with E-state index in [0.717, 1.165) is 15.8 Å². The number of imidazole rings is 1. The molecule has 0 bridgehead atoms. The smallest absolute Gasteiger partial charge is 0.332 e. The molecule has 0 radical (unpaired) electrons. The average Bonchev–Trinajstić information content (AvgIpc) is 3.10. The first-order valence-corrected chi connectivity index (χ1v) is 9.18. The maximum absolute atomic E-state index is 12.3. The molecule has 0 atom stereocenters. The van der Waals surface area contributed by atoms with Gasteiger partial charge >= 0.3 is 5.69 Å². The molecule has 3 aromatic rings. The maximum atomic E-state index is 12.3. The van der Waals surface area contributed by atoms with E-state index in [4.69, 9.17) is 23.2 Å². The number of halogens is 2. The summed E-state index contributed by atoms with van der Waals surface area (Å²) in [6.07, 6.45) is 0. The fourth-order valence-corrected chi connectivity index (χ4v) is 3.27. The number of anilines is 1. The van der Waals surface area contributed by atoms with Gasteiger partial charge < -0.3 is 9.88 Å². The maximum Gasteiger partial charge on any atom is 0.332 e. The third kappa shape index (κ3) is 3.24. The molecule has 26 heavy (non-hydrogen) atoms. The van der Waals surface area contributed by atoms with Gasteiger partial charge in [0.1, 0.15) is 11.3 Å². The second-order valence-corrected chi connectivity index (χ2v) is 6.66. The molecular weight excluding hydrogens is 377 g/mol. The molecule has 7 nitrogen and oxygen atoms in total. The lowest BCUT2D eigenvalue weighted by atomic mass is 10.2. The van der Waals surface area contributed by atoms with Crippen molar-refractivity contribution in [3.8, 4) is 11.4 Å². The highest BCUT2D eigenvalue weighted by atomic mass is 35.5. The Balaban J connectivity index is 2.02. The van der Waals surface area contributed by atoms with Gasteiger partial charge in [0.05, 0.1) is 0 Å². The van der Waals surface area contributed by atoms with Gasteiger partial charge in [0.15, 0.2) is 5.65 Å². The van der Waals surface area contributed by atoms with E-state index >= 15 is 0 Å². The standard InChI is InChI=1S/C17H19Cl2N5O2/c1-22-15-13(16(25)23(2)17(22)26)20-14(21-15)11-3-5-12(6-4-11)24(9-7-18)10-8-19/h3-6H,7-10H2,1-2H3,(H,20,21). The Morgan fingerprint density at radius 3 is 2.23 bits per heavy atom. The van der Waals surface area contributed by atoms with Crippen LogP contribution in [0.4, 0.5) is 5.69 Å². The summed E-state index contributed by atoms with van der Waals surface area (Å²) in [6.45, 7) is 1.41. The molecule has 0 aliphatic rings. The molecule has 0 amide bonds. The molecule has 138 valence electrons. The molecule has 3 rings (SSSR count). The molecule has 9 heteroatoms. The van der Waals surface area contributed by atoms with Gasteiger partial charge in [-0.15, -0.1) is 23.2 Å². The number of hydrogen-bond donors (Lipinski definition) is 1. The van der Waals surface area contributed by atoms with Crippen LogP contribution >= 0.6 is 23.2 Å². The van der Waals surface area contributed by atoms with Gasteiger partial charge in [-0.1, -0.05) is 0 Å². The summed E-state index contributed by atoms with van der Waals surface area (Å²) in [5.41, 5.74) is 1.66. The Morgan fingerprint density at radius 2 is 1.65 bits per heavy atom. The highest BCUT2D eigenvalue weighted by molar-refractivity contribution is 6.18. The molecule has 0 saturated heterocycles. The lowest BCUT2D eigenvalue weighted by Gasteiger charge is -2.22. The summed E-state index contributed by atoms with van der Waals surface area (Å²) in [4.78, 5) is 33.9.